The number of allylic oxidation sites excluding steroid dienone is 1. The number of carbonyl (C=O) groups excluding carboxylic acids is 4. The first kappa shape index (κ1) is 23.0. The molecule has 1 rings (SSSR count). The normalized spacial score (nSPS) is 13.3. The minimum Gasteiger partial charge on any atom is -0.330 e. The molecule has 0 spiro atoms. The minimum absolute atomic E-state index is 0.0150. The van der Waals surface area contributed by atoms with Crippen molar-refractivity contribution in [3.8, 4) is 0 Å². The predicted molar refractivity (Wildman–Crippen MR) is 95.3 cm³/mol. The van der Waals surface area contributed by atoms with Crippen LogP contribution in [-0.2, 0) is 24.0 Å². The van der Waals surface area contributed by atoms with Crippen LogP contribution >= 0.6 is 0 Å². The molecule has 0 radical (unpaired) electrons. The molecule has 0 aromatic carbocycles. The minimum atomic E-state index is -0.758. The third-order valence-electron chi connectivity index (χ3n) is 3.64. The fraction of sp³-hybridized carbons (Fsp3) is 0.684. The second-order valence-corrected chi connectivity index (χ2v) is 5.99. The maximum absolute atomic E-state index is 11.3. The molecule has 6 nitrogen and oxygen atoms in total. The van der Waals surface area contributed by atoms with E-state index in [2.05, 4.69) is 25.3 Å². The number of hydrogen-bond donors (Lipinski definition) is 0. The number of unbranched alkanes of at least 4 members (excludes halogenated alkanes) is 5. The van der Waals surface area contributed by atoms with Gasteiger partial charge in [-0.1, -0.05) is 58.4 Å². The van der Waals surface area contributed by atoms with Crippen LogP contribution in [0.2, 0.25) is 0 Å². The number of carbonyl (C=O) groups is 4. The first-order valence-corrected chi connectivity index (χ1v) is 9.15. The van der Waals surface area contributed by atoms with Gasteiger partial charge in [-0.25, -0.2) is 4.79 Å². The molecule has 0 aliphatic carbocycles. The topological polar surface area (TPSA) is 80.8 Å². The zero-order valence-electron chi connectivity index (χ0n) is 15.6. The quantitative estimate of drug-likeness (QED) is 0.320. The lowest BCUT2D eigenvalue weighted by molar-refractivity contribution is -0.197. The first-order valence-electron chi connectivity index (χ1n) is 9.15. The standard InChI is InChI=1S/C11H13NO5.C8H18/c1-2-3-8(13)4-7-11(16)17-12-9(14)5-6-10(12)15;1-3-5-7-8-6-4-2/h2H,1,3-7H2;3-8H2,1-2H3. The van der Waals surface area contributed by atoms with E-state index in [0.29, 0.717) is 5.06 Å². The molecule has 1 aliphatic heterocycles. The van der Waals surface area contributed by atoms with Crippen LogP contribution in [0.4, 0.5) is 0 Å². The van der Waals surface area contributed by atoms with Gasteiger partial charge in [0.2, 0.25) is 0 Å². The summed E-state index contributed by atoms with van der Waals surface area (Å²) < 4.78 is 0. The molecule has 0 atom stereocenters. The molecule has 6 heteroatoms. The Morgan fingerprint density at radius 3 is 1.96 bits per heavy atom. The van der Waals surface area contributed by atoms with Gasteiger partial charge in [0, 0.05) is 25.7 Å². The van der Waals surface area contributed by atoms with Gasteiger partial charge < -0.3 is 4.84 Å². The fourth-order valence-electron chi connectivity index (χ4n) is 2.16. The second kappa shape index (κ2) is 14.4. The van der Waals surface area contributed by atoms with E-state index in [1.165, 1.54) is 44.6 Å². The lowest BCUT2D eigenvalue weighted by atomic mass is 10.1. The predicted octanol–water partition coefficient (Wildman–Crippen LogP) is 3.89. The summed E-state index contributed by atoms with van der Waals surface area (Å²) in [6.07, 6.45) is 10.1. The average Bonchev–Trinajstić information content (AvgIpc) is 2.90. The third kappa shape index (κ3) is 11.2. The summed E-state index contributed by atoms with van der Waals surface area (Å²) in [6, 6.07) is 0. The SMILES string of the molecule is C=CCC(=O)CCC(=O)ON1C(=O)CCC1=O.CCCCCCCC. The summed E-state index contributed by atoms with van der Waals surface area (Å²) >= 11 is 0. The van der Waals surface area contributed by atoms with Crippen molar-refractivity contribution in [1.82, 2.24) is 5.06 Å². The molecule has 1 heterocycles. The summed E-state index contributed by atoms with van der Waals surface area (Å²) in [5.41, 5.74) is 0. The Hall–Kier alpha value is -1.98. The molecule has 1 saturated heterocycles. The van der Waals surface area contributed by atoms with Gasteiger partial charge in [-0.05, 0) is 0 Å². The number of hydrogen-bond acceptors (Lipinski definition) is 5. The summed E-state index contributed by atoms with van der Waals surface area (Å²) in [5.74, 6) is -1.96. The Balaban J connectivity index is 0.000000609. The highest BCUT2D eigenvalue weighted by atomic mass is 16.7. The van der Waals surface area contributed by atoms with E-state index >= 15 is 0 Å². The van der Waals surface area contributed by atoms with Gasteiger partial charge in [0.15, 0.2) is 0 Å². The number of imide groups is 1. The number of Topliss-reactive ketones (excluding diaryl/α,β-unsaturated/α-hetero) is 1. The van der Waals surface area contributed by atoms with Crippen LogP contribution < -0.4 is 0 Å². The third-order valence-corrected chi connectivity index (χ3v) is 3.64. The van der Waals surface area contributed by atoms with Crippen molar-refractivity contribution in [3.63, 3.8) is 0 Å². The van der Waals surface area contributed by atoms with E-state index in [9.17, 15) is 19.2 Å². The Labute approximate surface area is 150 Å². The van der Waals surface area contributed by atoms with E-state index in [-0.39, 0.29) is 37.9 Å². The zero-order chi connectivity index (χ0) is 19.1. The van der Waals surface area contributed by atoms with Gasteiger partial charge in [-0.15, -0.1) is 11.6 Å². The second-order valence-electron chi connectivity index (χ2n) is 5.99. The molecular formula is C19H31NO5. The monoisotopic (exact) mass is 353 g/mol. The Kier molecular flexibility index (Phi) is 13.2. The van der Waals surface area contributed by atoms with Gasteiger partial charge in [0.25, 0.3) is 11.8 Å². The van der Waals surface area contributed by atoms with E-state index in [0.717, 1.165) is 0 Å². The van der Waals surface area contributed by atoms with Crippen LogP contribution in [0, 0.1) is 0 Å². The number of amides is 2. The maximum Gasteiger partial charge on any atom is 0.333 e. The van der Waals surface area contributed by atoms with Crippen molar-refractivity contribution in [1.29, 1.82) is 0 Å². The Bertz CT molecular complexity index is 437. The Morgan fingerprint density at radius 1 is 1.00 bits per heavy atom. The highest BCUT2D eigenvalue weighted by Crippen LogP contribution is 2.13. The summed E-state index contributed by atoms with van der Waals surface area (Å²) in [5, 5.41) is 0.473. The van der Waals surface area contributed by atoms with Gasteiger partial charge in [0.05, 0.1) is 6.42 Å². The zero-order valence-corrected chi connectivity index (χ0v) is 15.6. The lowest BCUT2D eigenvalue weighted by Gasteiger charge is -2.11. The molecule has 0 aromatic rings. The van der Waals surface area contributed by atoms with Crippen molar-refractivity contribution in [2.45, 2.75) is 84.5 Å². The van der Waals surface area contributed by atoms with Crippen LogP contribution in [0.15, 0.2) is 12.7 Å². The van der Waals surface area contributed by atoms with Gasteiger partial charge in [-0.3, -0.25) is 14.4 Å². The van der Waals surface area contributed by atoms with Crippen LogP contribution in [0.3, 0.4) is 0 Å². The average molecular weight is 353 g/mol. The lowest BCUT2D eigenvalue weighted by Crippen LogP contribution is -2.32. The van der Waals surface area contributed by atoms with E-state index < -0.39 is 17.8 Å². The van der Waals surface area contributed by atoms with Crippen LogP contribution in [0.5, 0.6) is 0 Å². The first-order chi connectivity index (χ1) is 12.0. The molecule has 0 saturated carbocycles. The molecule has 0 N–H and O–H groups in total. The molecular weight excluding hydrogens is 322 g/mol. The largest absolute Gasteiger partial charge is 0.333 e. The molecule has 142 valence electrons. The highest BCUT2D eigenvalue weighted by Gasteiger charge is 2.32. The van der Waals surface area contributed by atoms with Crippen molar-refractivity contribution >= 4 is 23.6 Å². The Morgan fingerprint density at radius 2 is 1.52 bits per heavy atom. The number of ketones is 1. The van der Waals surface area contributed by atoms with Crippen LogP contribution in [0.25, 0.3) is 0 Å². The van der Waals surface area contributed by atoms with Crippen molar-refractivity contribution < 1.29 is 24.0 Å². The van der Waals surface area contributed by atoms with E-state index in [1.54, 1.807) is 0 Å². The maximum atomic E-state index is 11.3. The van der Waals surface area contributed by atoms with Crippen LogP contribution in [0.1, 0.15) is 84.5 Å². The molecule has 2 amide bonds. The molecule has 1 fully saturated rings. The van der Waals surface area contributed by atoms with E-state index in [4.69, 9.17) is 0 Å². The van der Waals surface area contributed by atoms with Crippen LogP contribution in [-0.4, -0.2) is 28.6 Å². The highest BCUT2D eigenvalue weighted by molar-refractivity contribution is 6.01. The molecule has 25 heavy (non-hydrogen) atoms. The summed E-state index contributed by atoms with van der Waals surface area (Å²) in [7, 11) is 0. The van der Waals surface area contributed by atoms with E-state index in [1.807, 2.05) is 0 Å². The fourth-order valence-corrected chi connectivity index (χ4v) is 2.16. The number of nitrogens with zero attached hydrogens (tertiary/aromatic N) is 1. The summed E-state index contributed by atoms with van der Waals surface area (Å²) in [6.45, 7) is 7.91. The van der Waals surface area contributed by atoms with Gasteiger partial charge in [-0.2, -0.15) is 0 Å². The van der Waals surface area contributed by atoms with Crippen molar-refractivity contribution in [2.75, 3.05) is 0 Å². The molecule has 0 unspecified atom stereocenters. The van der Waals surface area contributed by atoms with Crippen molar-refractivity contribution in [3.05, 3.63) is 12.7 Å². The number of rotatable bonds is 11. The molecule has 0 bridgehead atoms. The molecule has 0 aromatic heterocycles. The van der Waals surface area contributed by atoms with Gasteiger partial charge >= 0.3 is 5.97 Å². The number of hydroxylamine groups is 2. The van der Waals surface area contributed by atoms with Gasteiger partial charge in [0.1, 0.15) is 5.78 Å². The summed E-state index contributed by atoms with van der Waals surface area (Å²) in [4.78, 5) is 49.1. The smallest absolute Gasteiger partial charge is 0.330 e. The van der Waals surface area contributed by atoms with Crippen molar-refractivity contribution in [2.24, 2.45) is 0 Å². The molecule has 1 aliphatic rings.